The van der Waals surface area contributed by atoms with Crippen LogP contribution in [0.2, 0.25) is 0 Å². The molecule has 0 heterocycles. The first kappa shape index (κ1) is 18.0. The summed E-state index contributed by atoms with van der Waals surface area (Å²) >= 11 is 0. The Hall–Kier alpha value is -1.36. The van der Waals surface area contributed by atoms with Crippen LogP contribution in [-0.2, 0) is 16.6 Å². The second-order valence-corrected chi connectivity index (χ2v) is 7.59. The molecule has 0 amide bonds. The van der Waals surface area contributed by atoms with Crippen molar-refractivity contribution in [1.29, 1.82) is 0 Å². The number of hydrogen-bond donors (Lipinski definition) is 2. The fraction of sp³-hybridized carbons (Fsp3) is 0.611. The van der Waals surface area contributed by atoms with Gasteiger partial charge in [-0.25, -0.2) is 0 Å². The normalized spacial score (nSPS) is 17.7. The van der Waals surface area contributed by atoms with Crippen LogP contribution in [0.4, 0.5) is 0 Å². The zero-order chi connectivity index (χ0) is 16.3. The van der Waals surface area contributed by atoms with Crippen molar-refractivity contribution in [3.8, 4) is 0 Å². The number of nitrogens with zero attached hydrogens (tertiary/aromatic N) is 1. The molecule has 2 N–H and O–H groups in total. The van der Waals surface area contributed by atoms with Crippen molar-refractivity contribution in [1.82, 2.24) is 10.6 Å². The van der Waals surface area contributed by atoms with Gasteiger partial charge in [-0.2, -0.15) is 0 Å². The maximum Gasteiger partial charge on any atom is 0.191 e. The molecule has 1 fully saturated rings. The lowest BCUT2D eigenvalue weighted by atomic mass is 9.96. The zero-order valence-electron chi connectivity index (χ0n) is 14.1. The van der Waals surface area contributed by atoms with E-state index >= 15 is 0 Å². The molecule has 1 aliphatic carbocycles. The smallest absolute Gasteiger partial charge is 0.191 e. The Morgan fingerprint density at radius 2 is 1.96 bits per heavy atom. The lowest BCUT2D eigenvalue weighted by Crippen LogP contribution is -2.44. The minimum absolute atomic E-state index is 0.538. The van der Waals surface area contributed by atoms with Crippen LogP contribution in [0.5, 0.6) is 0 Å². The van der Waals surface area contributed by atoms with E-state index in [0.717, 1.165) is 18.1 Å². The van der Waals surface area contributed by atoms with Crippen LogP contribution in [0.25, 0.3) is 0 Å². The van der Waals surface area contributed by atoms with Gasteiger partial charge in [-0.15, -0.1) is 0 Å². The van der Waals surface area contributed by atoms with Gasteiger partial charge in [0, 0.05) is 34.9 Å². The lowest BCUT2D eigenvalue weighted by Gasteiger charge is -2.24. The summed E-state index contributed by atoms with van der Waals surface area (Å²) in [6.07, 6.45) is 6.41. The molecule has 5 heteroatoms. The molecule has 0 aromatic heterocycles. The average molecular weight is 336 g/mol. The highest BCUT2D eigenvalue weighted by Crippen LogP contribution is 2.17. The summed E-state index contributed by atoms with van der Waals surface area (Å²) in [7, 11) is -0.861. The topological polar surface area (TPSA) is 53.5 Å². The van der Waals surface area contributed by atoms with Crippen molar-refractivity contribution in [2.45, 2.75) is 50.8 Å². The maximum atomic E-state index is 12.1. The molecule has 0 radical (unpaired) electrons. The maximum absolute atomic E-state index is 12.1. The Kier molecular flexibility index (Phi) is 8.15. The van der Waals surface area contributed by atoms with Gasteiger partial charge in [0.2, 0.25) is 0 Å². The first-order valence-corrected chi connectivity index (χ1v) is 10.2. The molecule has 1 atom stereocenters. The number of guanidine groups is 1. The highest BCUT2D eigenvalue weighted by Gasteiger charge is 2.14. The SMILES string of the molecule is CCNC(=NCCS(=O)Cc1ccccc1)NC1CCCCC1. The van der Waals surface area contributed by atoms with Crippen LogP contribution >= 0.6 is 0 Å². The van der Waals surface area contributed by atoms with E-state index in [2.05, 4.69) is 22.5 Å². The Labute approximate surface area is 142 Å². The molecule has 128 valence electrons. The summed E-state index contributed by atoms with van der Waals surface area (Å²) in [5.41, 5.74) is 1.13. The number of rotatable bonds is 7. The molecule has 0 saturated heterocycles. The molecule has 0 spiro atoms. The van der Waals surface area contributed by atoms with E-state index in [1.807, 2.05) is 30.3 Å². The van der Waals surface area contributed by atoms with Gasteiger partial charge in [0.05, 0.1) is 6.54 Å². The number of hydrogen-bond acceptors (Lipinski definition) is 2. The summed E-state index contributed by atoms with van der Waals surface area (Å²) in [5, 5.41) is 6.81. The zero-order valence-corrected chi connectivity index (χ0v) is 14.9. The van der Waals surface area contributed by atoms with Crippen LogP contribution in [0, 0.1) is 0 Å². The molecular formula is C18H29N3OS. The van der Waals surface area contributed by atoms with E-state index in [-0.39, 0.29) is 0 Å². The Bertz CT molecular complexity index is 498. The van der Waals surface area contributed by atoms with E-state index in [0.29, 0.717) is 24.1 Å². The summed E-state index contributed by atoms with van der Waals surface area (Å²) in [6.45, 7) is 3.53. The molecule has 4 nitrogen and oxygen atoms in total. The van der Waals surface area contributed by atoms with Gasteiger partial charge in [-0.05, 0) is 25.3 Å². The summed E-state index contributed by atoms with van der Waals surface area (Å²) in [4.78, 5) is 4.59. The van der Waals surface area contributed by atoms with Crippen LogP contribution in [-0.4, -0.2) is 35.1 Å². The van der Waals surface area contributed by atoms with Gasteiger partial charge in [-0.3, -0.25) is 9.20 Å². The van der Waals surface area contributed by atoms with Gasteiger partial charge < -0.3 is 10.6 Å². The van der Waals surface area contributed by atoms with Gasteiger partial charge in [0.25, 0.3) is 0 Å². The molecule has 23 heavy (non-hydrogen) atoms. The molecule has 0 aliphatic heterocycles. The quantitative estimate of drug-likeness (QED) is 0.595. The second-order valence-electron chi connectivity index (χ2n) is 6.01. The molecular weight excluding hydrogens is 306 g/mol. The third kappa shape index (κ3) is 7.16. The van der Waals surface area contributed by atoms with E-state index in [4.69, 9.17) is 0 Å². The summed E-state index contributed by atoms with van der Waals surface area (Å²) in [5.74, 6) is 2.09. The van der Waals surface area contributed by atoms with Crippen LogP contribution in [0.1, 0.15) is 44.6 Å². The first-order chi connectivity index (χ1) is 11.3. The fourth-order valence-corrected chi connectivity index (χ4v) is 3.86. The van der Waals surface area contributed by atoms with E-state index in [1.165, 1.54) is 32.1 Å². The monoisotopic (exact) mass is 335 g/mol. The second kappa shape index (κ2) is 10.4. The predicted octanol–water partition coefficient (Wildman–Crippen LogP) is 2.82. The van der Waals surface area contributed by atoms with Crippen LogP contribution < -0.4 is 10.6 Å². The van der Waals surface area contributed by atoms with Crippen molar-refractivity contribution in [3.63, 3.8) is 0 Å². The molecule has 1 saturated carbocycles. The van der Waals surface area contributed by atoms with Crippen LogP contribution in [0.15, 0.2) is 35.3 Å². The fourth-order valence-electron chi connectivity index (χ4n) is 2.85. The highest BCUT2D eigenvalue weighted by molar-refractivity contribution is 7.84. The number of aliphatic imine (C=N–C) groups is 1. The standard InChI is InChI=1S/C18H29N3OS/c1-2-19-18(21-17-11-7-4-8-12-17)20-13-14-23(22)15-16-9-5-3-6-10-16/h3,5-6,9-10,17H,2,4,7-8,11-15H2,1H3,(H2,19,20,21). The minimum atomic E-state index is -0.861. The van der Waals surface area contributed by atoms with Gasteiger partial charge >= 0.3 is 0 Å². The van der Waals surface area contributed by atoms with E-state index in [9.17, 15) is 4.21 Å². The van der Waals surface area contributed by atoms with E-state index in [1.54, 1.807) is 0 Å². The molecule has 1 aliphatic rings. The van der Waals surface area contributed by atoms with Crippen molar-refractivity contribution < 1.29 is 4.21 Å². The molecule has 1 unspecified atom stereocenters. The Balaban J connectivity index is 1.76. The molecule has 0 bridgehead atoms. The largest absolute Gasteiger partial charge is 0.357 e. The molecule has 2 rings (SSSR count). The molecule has 1 aromatic rings. The Morgan fingerprint density at radius 1 is 1.22 bits per heavy atom. The third-order valence-electron chi connectivity index (χ3n) is 4.05. The highest BCUT2D eigenvalue weighted by atomic mass is 32.2. The average Bonchev–Trinajstić information content (AvgIpc) is 2.57. The first-order valence-electron chi connectivity index (χ1n) is 8.71. The van der Waals surface area contributed by atoms with E-state index < -0.39 is 10.8 Å². The van der Waals surface area contributed by atoms with Crippen molar-refractivity contribution in [2.24, 2.45) is 4.99 Å². The predicted molar refractivity (Wildman–Crippen MR) is 99.1 cm³/mol. The van der Waals surface area contributed by atoms with Crippen molar-refractivity contribution in [2.75, 3.05) is 18.8 Å². The van der Waals surface area contributed by atoms with Crippen molar-refractivity contribution >= 4 is 16.8 Å². The lowest BCUT2D eigenvalue weighted by molar-refractivity contribution is 0.410. The minimum Gasteiger partial charge on any atom is -0.357 e. The summed E-state index contributed by atoms with van der Waals surface area (Å²) in [6, 6.07) is 10.5. The van der Waals surface area contributed by atoms with Gasteiger partial charge in [0.15, 0.2) is 5.96 Å². The number of nitrogens with one attached hydrogen (secondary N) is 2. The Morgan fingerprint density at radius 3 is 2.65 bits per heavy atom. The molecule has 1 aromatic carbocycles. The van der Waals surface area contributed by atoms with Crippen LogP contribution in [0.3, 0.4) is 0 Å². The summed E-state index contributed by atoms with van der Waals surface area (Å²) < 4.78 is 12.1. The van der Waals surface area contributed by atoms with Gasteiger partial charge in [0.1, 0.15) is 0 Å². The van der Waals surface area contributed by atoms with Crippen molar-refractivity contribution in [3.05, 3.63) is 35.9 Å². The third-order valence-corrected chi connectivity index (χ3v) is 5.34. The van der Waals surface area contributed by atoms with Gasteiger partial charge in [-0.1, -0.05) is 49.6 Å². The number of benzene rings is 1.